The van der Waals surface area contributed by atoms with Crippen LogP contribution in [-0.4, -0.2) is 0 Å². The summed E-state index contributed by atoms with van der Waals surface area (Å²) in [6.07, 6.45) is 9.14. The highest BCUT2D eigenvalue weighted by atomic mass is 16.3. The van der Waals surface area contributed by atoms with Crippen molar-refractivity contribution in [2.45, 2.75) is 5.92 Å². The van der Waals surface area contributed by atoms with Crippen LogP contribution in [-0.2, 0) is 0 Å². The topological polar surface area (TPSA) is 26.3 Å². The van der Waals surface area contributed by atoms with E-state index in [-0.39, 0.29) is 11.8 Å². The molecule has 0 amide bonds. The maximum atomic E-state index is 6.72. The van der Waals surface area contributed by atoms with Gasteiger partial charge in [0.05, 0.1) is 0 Å². The van der Waals surface area contributed by atoms with Crippen LogP contribution in [0.1, 0.15) is 28.2 Å². The molecule has 11 rings (SSSR count). The van der Waals surface area contributed by atoms with E-state index in [1.54, 1.807) is 0 Å². The van der Waals surface area contributed by atoms with Gasteiger partial charge in [0.25, 0.3) is 0 Å². The number of furan rings is 2. The summed E-state index contributed by atoms with van der Waals surface area (Å²) >= 11 is 0. The van der Waals surface area contributed by atoms with Crippen LogP contribution < -0.4 is 0 Å². The minimum absolute atomic E-state index is 0.141. The maximum Gasteiger partial charge on any atom is 0.144 e. The molecule has 0 aliphatic heterocycles. The van der Waals surface area contributed by atoms with Crippen molar-refractivity contribution in [1.29, 1.82) is 0 Å². The van der Waals surface area contributed by atoms with E-state index in [4.69, 9.17) is 8.83 Å². The molecule has 0 bridgehead atoms. The van der Waals surface area contributed by atoms with E-state index < -0.39 is 0 Å². The molecule has 0 spiro atoms. The Morgan fingerprint density at radius 3 is 2.08 bits per heavy atom. The van der Waals surface area contributed by atoms with Gasteiger partial charge in [0.2, 0.25) is 0 Å². The maximum absolute atomic E-state index is 6.72. The number of rotatable bonds is 3. The molecule has 2 heterocycles. The predicted octanol–water partition coefficient (Wildman–Crippen LogP) is 13.0. The third-order valence-electron chi connectivity index (χ3n) is 10.9. The Labute approximate surface area is 288 Å². The van der Waals surface area contributed by atoms with E-state index >= 15 is 0 Å². The van der Waals surface area contributed by atoms with Crippen molar-refractivity contribution in [3.05, 3.63) is 198 Å². The largest absolute Gasteiger partial charge is 0.456 e. The highest BCUT2D eigenvalue weighted by Crippen LogP contribution is 2.52. The van der Waals surface area contributed by atoms with Crippen molar-refractivity contribution in [2.75, 3.05) is 0 Å². The summed E-state index contributed by atoms with van der Waals surface area (Å²) in [5.74, 6) is 0.324. The van der Waals surface area contributed by atoms with Crippen molar-refractivity contribution in [1.82, 2.24) is 0 Å². The van der Waals surface area contributed by atoms with Gasteiger partial charge in [-0.15, -0.1) is 0 Å². The van der Waals surface area contributed by atoms with Crippen LogP contribution in [0.5, 0.6) is 0 Å². The van der Waals surface area contributed by atoms with Gasteiger partial charge < -0.3 is 8.83 Å². The van der Waals surface area contributed by atoms with E-state index in [1.807, 2.05) is 18.2 Å². The van der Waals surface area contributed by atoms with Crippen LogP contribution in [0.25, 0.3) is 71.3 Å². The second-order valence-corrected chi connectivity index (χ2v) is 13.5. The van der Waals surface area contributed by atoms with Crippen LogP contribution in [0.15, 0.2) is 184 Å². The predicted molar refractivity (Wildman–Crippen MR) is 206 cm³/mol. The smallest absolute Gasteiger partial charge is 0.144 e. The SMILES string of the molecule is C1=CC2=C(c3cccc4ccccc34)c3ccccc3C(c3cccc(-c4cc5oc6ccccc6c5c5c4oc4ccccc45)c3)C2C=C1. The molecule has 2 heteroatoms. The molecule has 0 N–H and O–H groups in total. The number of hydrogen-bond acceptors (Lipinski definition) is 2. The molecule has 2 aliphatic carbocycles. The second-order valence-electron chi connectivity index (χ2n) is 13.5. The lowest BCUT2D eigenvalue weighted by atomic mass is 9.66. The molecule has 0 radical (unpaired) electrons. The van der Waals surface area contributed by atoms with Crippen LogP contribution in [0.3, 0.4) is 0 Å². The first-order valence-electron chi connectivity index (χ1n) is 17.3. The van der Waals surface area contributed by atoms with E-state index in [1.165, 1.54) is 44.2 Å². The van der Waals surface area contributed by atoms with Gasteiger partial charge in [0, 0.05) is 38.9 Å². The highest BCUT2D eigenvalue weighted by Gasteiger charge is 2.36. The molecule has 7 aromatic carbocycles. The Hall–Kier alpha value is -6.38. The first-order chi connectivity index (χ1) is 24.8. The monoisotopic (exact) mass is 638 g/mol. The molecule has 234 valence electrons. The first-order valence-corrected chi connectivity index (χ1v) is 17.3. The number of benzene rings is 7. The van der Waals surface area contributed by atoms with Crippen molar-refractivity contribution >= 4 is 60.2 Å². The average Bonchev–Trinajstić information content (AvgIpc) is 3.75. The Morgan fingerprint density at radius 1 is 0.480 bits per heavy atom. The number of para-hydroxylation sites is 2. The van der Waals surface area contributed by atoms with E-state index in [9.17, 15) is 0 Å². The van der Waals surface area contributed by atoms with Gasteiger partial charge in [-0.25, -0.2) is 0 Å². The first kappa shape index (κ1) is 27.6. The normalized spacial score (nSPS) is 17.0. The summed E-state index contributed by atoms with van der Waals surface area (Å²) in [4.78, 5) is 0. The number of hydrogen-bond donors (Lipinski definition) is 0. The lowest BCUT2D eigenvalue weighted by molar-refractivity contribution is 0.649. The third kappa shape index (κ3) is 3.90. The standard InChI is InChI=1S/C48H30O2/c1-2-17-32-29(13-1)14-12-24-33(32)45-36-20-5-3-18-34(36)44(35-19-4-6-21-37(35)45)31-16-11-15-30(27-31)40-28-43-46(38-22-7-9-25-41(38)49-43)47-39-23-8-10-26-42(39)50-48(40)47/h1-28,34,44H. The van der Waals surface area contributed by atoms with Gasteiger partial charge in [0.15, 0.2) is 0 Å². The molecule has 2 aliphatic rings. The Bertz CT molecular complexity index is 2940. The molecule has 0 saturated heterocycles. The Morgan fingerprint density at radius 2 is 1.18 bits per heavy atom. The van der Waals surface area contributed by atoms with Gasteiger partial charge in [-0.1, -0.05) is 152 Å². The summed E-state index contributed by atoms with van der Waals surface area (Å²) in [5, 5.41) is 6.97. The van der Waals surface area contributed by atoms with Gasteiger partial charge >= 0.3 is 0 Å². The summed E-state index contributed by atoms with van der Waals surface area (Å²) in [6, 6.07) is 52.4. The quantitative estimate of drug-likeness (QED) is 0.192. The van der Waals surface area contributed by atoms with Crippen LogP contribution >= 0.6 is 0 Å². The molecule has 2 unspecified atom stereocenters. The molecule has 2 atom stereocenters. The Balaban J connectivity index is 1.14. The molecule has 0 fully saturated rings. The molecule has 50 heavy (non-hydrogen) atoms. The summed E-state index contributed by atoms with van der Waals surface area (Å²) in [7, 11) is 0. The fraction of sp³-hybridized carbons (Fsp3) is 0.0417. The molecule has 9 aromatic rings. The number of fused-ring (bicyclic) bond motifs is 10. The van der Waals surface area contributed by atoms with Crippen LogP contribution in [0.2, 0.25) is 0 Å². The van der Waals surface area contributed by atoms with Crippen molar-refractivity contribution in [3.63, 3.8) is 0 Å². The van der Waals surface area contributed by atoms with Gasteiger partial charge in [0.1, 0.15) is 22.3 Å². The summed E-state index contributed by atoms with van der Waals surface area (Å²) in [6.45, 7) is 0. The summed E-state index contributed by atoms with van der Waals surface area (Å²) < 4.78 is 13.2. The lowest BCUT2D eigenvalue weighted by Gasteiger charge is -2.37. The molecule has 0 saturated carbocycles. The molecule has 2 nitrogen and oxygen atoms in total. The third-order valence-corrected chi connectivity index (χ3v) is 10.9. The summed E-state index contributed by atoms with van der Waals surface area (Å²) in [5.41, 5.74) is 13.6. The van der Waals surface area contributed by atoms with Crippen molar-refractivity contribution < 1.29 is 8.83 Å². The zero-order valence-electron chi connectivity index (χ0n) is 27.1. The van der Waals surface area contributed by atoms with E-state index in [0.29, 0.717) is 0 Å². The lowest BCUT2D eigenvalue weighted by Crippen LogP contribution is -2.23. The highest BCUT2D eigenvalue weighted by molar-refractivity contribution is 6.28. The van der Waals surface area contributed by atoms with Gasteiger partial charge in [-0.3, -0.25) is 0 Å². The van der Waals surface area contributed by atoms with Crippen LogP contribution in [0, 0.1) is 5.92 Å². The zero-order chi connectivity index (χ0) is 32.8. The van der Waals surface area contributed by atoms with Crippen LogP contribution in [0.4, 0.5) is 0 Å². The Kier molecular flexibility index (Phi) is 5.82. The minimum atomic E-state index is 0.141. The average molecular weight is 639 g/mol. The molecular weight excluding hydrogens is 609 g/mol. The van der Waals surface area contributed by atoms with E-state index in [2.05, 4.69) is 152 Å². The molecule has 2 aromatic heterocycles. The minimum Gasteiger partial charge on any atom is -0.456 e. The zero-order valence-corrected chi connectivity index (χ0v) is 27.1. The second kappa shape index (κ2) is 10.6. The molecular formula is C48H30O2. The van der Waals surface area contributed by atoms with Crippen molar-refractivity contribution in [3.8, 4) is 11.1 Å². The fourth-order valence-corrected chi connectivity index (χ4v) is 8.79. The fourth-order valence-electron chi connectivity index (χ4n) is 8.79. The van der Waals surface area contributed by atoms with E-state index in [0.717, 1.165) is 55.0 Å². The van der Waals surface area contributed by atoms with Gasteiger partial charge in [-0.2, -0.15) is 0 Å². The number of allylic oxidation sites excluding steroid dienone is 5. The van der Waals surface area contributed by atoms with Gasteiger partial charge in [-0.05, 0) is 67.9 Å². The van der Waals surface area contributed by atoms with Crippen molar-refractivity contribution in [2.24, 2.45) is 5.92 Å².